The molecular weight excluding hydrogens is 538 g/mol. The third-order valence-corrected chi connectivity index (χ3v) is 8.52. The summed E-state index contributed by atoms with van der Waals surface area (Å²) in [6.07, 6.45) is 14.9. The minimum Gasteiger partial charge on any atom is -0.456 e. The summed E-state index contributed by atoms with van der Waals surface area (Å²) in [7, 11) is 0. The highest BCUT2D eigenvalue weighted by atomic mass is 16.3. The molecule has 2 aromatic heterocycles. The average molecular weight is 570 g/mol. The number of nitrogens with zero attached hydrogens (tertiary/aromatic N) is 3. The second-order valence-corrected chi connectivity index (χ2v) is 11.6. The zero-order chi connectivity index (χ0) is 29.5. The lowest BCUT2D eigenvalue weighted by molar-refractivity contribution is 0.596. The van der Waals surface area contributed by atoms with Crippen LogP contribution in [-0.2, 0) is 6.42 Å². The maximum atomic E-state index is 6.46. The lowest BCUT2D eigenvalue weighted by Crippen LogP contribution is -2.01. The van der Waals surface area contributed by atoms with Crippen LogP contribution in [0.3, 0.4) is 0 Å². The Kier molecular flexibility index (Phi) is 6.60. The Morgan fingerprint density at radius 1 is 0.614 bits per heavy atom. The highest BCUT2D eigenvalue weighted by Gasteiger charge is 2.21. The topological polar surface area (TPSA) is 51.8 Å². The van der Waals surface area contributed by atoms with Crippen LogP contribution in [0.1, 0.15) is 41.7 Å². The van der Waals surface area contributed by atoms with Crippen molar-refractivity contribution >= 4 is 22.6 Å². The fourth-order valence-electron chi connectivity index (χ4n) is 6.30. The summed E-state index contributed by atoms with van der Waals surface area (Å²) in [5.41, 5.74) is 10.9. The number of furan rings is 1. The first-order valence-corrected chi connectivity index (χ1v) is 15.3. The zero-order valence-electron chi connectivity index (χ0n) is 24.6. The summed E-state index contributed by atoms with van der Waals surface area (Å²) >= 11 is 0. The maximum absolute atomic E-state index is 6.46. The van der Waals surface area contributed by atoms with Crippen LogP contribution in [0.25, 0.3) is 67.9 Å². The molecule has 0 fully saturated rings. The van der Waals surface area contributed by atoms with Crippen molar-refractivity contribution in [3.63, 3.8) is 0 Å². The molecule has 0 bridgehead atoms. The Hall–Kier alpha value is -5.35. The number of hydrogen-bond acceptors (Lipinski definition) is 4. The van der Waals surface area contributed by atoms with E-state index >= 15 is 0 Å². The molecule has 2 heterocycles. The van der Waals surface area contributed by atoms with Crippen LogP contribution in [0.2, 0.25) is 0 Å². The van der Waals surface area contributed by atoms with Gasteiger partial charge in [0.15, 0.2) is 17.5 Å². The third kappa shape index (κ3) is 4.88. The van der Waals surface area contributed by atoms with Crippen molar-refractivity contribution < 1.29 is 4.42 Å². The van der Waals surface area contributed by atoms with Crippen molar-refractivity contribution in [2.75, 3.05) is 0 Å². The van der Waals surface area contributed by atoms with E-state index in [1.54, 1.807) is 0 Å². The van der Waals surface area contributed by atoms with Gasteiger partial charge in [0.05, 0.1) is 5.56 Å². The van der Waals surface area contributed by atoms with Gasteiger partial charge in [-0.1, -0.05) is 90.5 Å². The summed E-state index contributed by atoms with van der Waals surface area (Å²) in [4.78, 5) is 15.3. The van der Waals surface area contributed by atoms with Gasteiger partial charge in [-0.25, -0.2) is 15.0 Å². The maximum Gasteiger partial charge on any atom is 0.167 e. The molecule has 44 heavy (non-hydrogen) atoms. The summed E-state index contributed by atoms with van der Waals surface area (Å²) in [6, 6.07) is 31.9. The van der Waals surface area contributed by atoms with Crippen molar-refractivity contribution in [2.24, 2.45) is 0 Å². The van der Waals surface area contributed by atoms with Crippen LogP contribution in [0.15, 0.2) is 120 Å². The quantitative estimate of drug-likeness (QED) is 0.207. The van der Waals surface area contributed by atoms with E-state index in [2.05, 4.69) is 128 Å². The van der Waals surface area contributed by atoms with Crippen LogP contribution in [0, 0.1) is 6.92 Å². The zero-order valence-corrected chi connectivity index (χ0v) is 24.6. The molecule has 0 spiro atoms. The Morgan fingerprint density at radius 2 is 1.36 bits per heavy atom. The minimum absolute atomic E-state index is 0.610. The Morgan fingerprint density at radius 3 is 2.20 bits per heavy atom. The molecular formula is C40H31N3O. The van der Waals surface area contributed by atoms with Gasteiger partial charge in [-0.3, -0.25) is 0 Å². The van der Waals surface area contributed by atoms with Crippen molar-refractivity contribution in [3.05, 3.63) is 138 Å². The molecule has 0 saturated heterocycles. The lowest BCUT2D eigenvalue weighted by atomic mass is 9.92. The van der Waals surface area contributed by atoms with Gasteiger partial charge in [0.1, 0.15) is 11.3 Å². The monoisotopic (exact) mass is 569 g/mol. The molecule has 4 aromatic carbocycles. The summed E-state index contributed by atoms with van der Waals surface area (Å²) < 4.78 is 6.46. The van der Waals surface area contributed by atoms with Crippen LogP contribution < -0.4 is 0 Å². The van der Waals surface area contributed by atoms with E-state index < -0.39 is 0 Å². The van der Waals surface area contributed by atoms with Crippen molar-refractivity contribution in [2.45, 2.75) is 32.6 Å². The molecule has 2 aliphatic rings. The van der Waals surface area contributed by atoms with Crippen molar-refractivity contribution in [1.29, 1.82) is 0 Å². The Bertz CT molecular complexity index is 2130. The standard InChI is InChI=1S/C40H31N3O/c1-26-12-10-17-29(22-26)38-41-39(43-40(42-38)35-20-11-19-34-33-18-8-9-21-36(33)44-37(34)35)32-24-30(27-13-4-2-5-14-27)23-31(25-32)28-15-6-3-7-16-28/h2-6,9-15,17,19-25H,7-8,16,18H2,1H3. The van der Waals surface area contributed by atoms with Gasteiger partial charge < -0.3 is 4.42 Å². The van der Waals surface area contributed by atoms with Crippen molar-refractivity contribution in [1.82, 2.24) is 15.0 Å². The summed E-state index contributed by atoms with van der Waals surface area (Å²) in [5.74, 6) is 2.83. The molecule has 0 amide bonds. The highest BCUT2D eigenvalue weighted by molar-refractivity contribution is 5.95. The SMILES string of the molecule is Cc1cccc(-c2nc(-c3cc(C4=CC=CCC4)cc(-c4ccccc4)c3)nc(-c3cccc4c5c(oc34)C=CCC5)n2)c1. The second-order valence-electron chi connectivity index (χ2n) is 11.6. The number of para-hydroxylation sites is 1. The van der Waals surface area contributed by atoms with E-state index in [0.717, 1.165) is 75.8 Å². The normalized spacial score (nSPS) is 14.1. The van der Waals surface area contributed by atoms with Crippen LogP contribution in [-0.4, -0.2) is 15.0 Å². The van der Waals surface area contributed by atoms with E-state index in [1.165, 1.54) is 16.7 Å². The van der Waals surface area contributed by atoms with E-state index in [-0.39, 0.29) is 0 Å². The molecule has 0 aliphatic heterocycles. The number of hydrogen-bond donors (Lipinski definition) is 0. The van der Waals surface area contributed by atoms with Gasteiger partial charge in [-0.2, -0.15) is 0 Å². The fraction of sp³-hybridized carbons (Fsp3) is 0.125. The van der Waals surface area contributed by atoms with Gasteiger partial charge in [0.25, 0.3) is 0 Å². The van der Waals surface area contributed by atoms with E-state index in [9.17, 15) is 0 Å². The highest BCUT2D eigenvalue weighted by Crippen LogP contribution is 2.38. The smallest absolute Gasteiger partial charge is 0.167 e. The van der Waals surface area contributed by atoms with Gasteiger partial charge in [-0.05, 0) is 91.3 Å². The van der Waals surface area contributed by atoms with Gasteiger partial charge in [-0.15, -0.1) is 0 Å². The number of rotatable bonds is 5. The van der Waals surface area contributed by atoms with Gasteiger partial charge in [0.2, 0.25) is 0 Å². The first-order chi connectivity index (χ1) is 21.7. The Labute approximate surface area is 257 Å². The molecule has 4 heteroatoms. The molecule has 6 aromatic rings. The first kappa shape index (κ1) is 26.3. The first-order valence-electron chi connectivity index (χ1n) is 15.3. The minimum atomic E-state index is 0.610. The molecule has 0 radical (unpaired) electrons. The lowest BCUT2D eigenvalue weighted by Gasteiger charge is -2.15. The number of aryl methyl sites for hydroxylation is 2. The molecule has 2 aliphatic carbocycles. The van der Waals surface area contributed by atoms with Crippen LogP contribution >= 0.6 is 0 Å². The molecule has 212 valence electrons. The molecule has 8 rings (SSSR count). The number of allylic oxidation sites excluding steroid dienone is 5. The Balaban J connectivity index is 1.37. The predicted octanol–water partition coefficient (Wildman–Crippen LogP) is 10.3. The largest absolute Gasteiger partial charge is 0.456 e. The summed E-state index contributed by atoms with van der Waals surface area (Å²) in [6.45, 7) is 2.09. The molecule has 0 unspecified atom stereocenters. The molecule has 0 saturated carbocycles. The van der Waals surface area contributed by atoms with Crippen LogP contribution in [0.5, 0.6) is 0 Å². The molecule has 0 N–H and O–H groups in total. The van der Waals surface area contributed by atoms with Crippen molar-refractivity contribution in [3.8, 4) is 45.3 Å². The molecule has 4 nitrogen and oxygen atoms in total. The number of aromatic nitrogens is 3. The van der Waals surface area contributed by atoms with Crippen LogP contribution in [0.4, 0.5) is 0 Å². The second kappa shape index (κ2) is 11.1. The van der Waals surface area contributed by atoms with E-state index in [4.69, 9.17) is 19.4 Å². The van der Waals surface area contributed by atoms with Gasteiger partial charge in [0, 0.05) is 22.1 Å². The van der Waals surface area contributed by atoms with E-state index in [1.807, 2.05) is 0 Å². The van der Waals surface area contributed by atoms with Gasteiger partial charge >= 0.3 is 0 Å². The summed E-state index contributed by atoms with van der Waals surface area (Å²) in [5, 5.41) is 1.13. The van der Waals surface area contributed by atoms with E-state index in [0.29, 0.717) is 17.5 Å². The predicted molar refractivity (Wildman–Crippen MR) is 180 cm³/mol. The number of benzene rings is 4. The number of fused-ring (bicyclic) bond motifs is 3. The molecule has 0 atom stereocenters. The average Bonchev–Trinajstić information content (AvgIpc) is 3.48. The fourth-order valence-corrected chi connectivity index (χ4v) is 6.30. The third-order valence-electron chi connectivity index (χ3n) is 8.52.